The van der Waals surface area contributed by atoms with E-state index < -0.39 is 47.3 Å². The molecule has 0 spiro atoms. The number of para-hydroxylation sites is 1. The van der Waals surface area contributed by atoms with Crippen molar-refractivity contribution in [2.75, 3.05) is 11.9 Å². The fourth-order valence-corrected chi connectivity index (χ4v) is 3.08. The monoisotopic (exact) mass is 353 g/mol. The highest BCUT2D eigenvalue weighted by atomic mass is 19.1. The summed E-state index contributed by atoms with van der Waals surface area (Å²) >= 11 is 0. The van der Waals surface area contributed by atoms with Crippen LogP contribution < -0.4 is 10.6 Å². The lowest BCUT2D eigenvalue weighted by molar-refractivity contribution is -0.134. The number of nitrogens with zero attached hydrogens (tertiary/aromatic N) is 1. The average molecular weight is 353 g/mol. The van der Waals surface area contributed by atoms with E-state index >= 15 is 0 Å². The van der Waals surface area contributed by atoms with Gasteiger partial charge >= 0.3 is 6.03 Å². The lowest BCUT2D eigenvalue weighted by Crippen LogP contribution is -2.47. The second-order valence-electron chi connectivity index (χ2n) is 6.05. The van der Waals surface area contributed by atoms with Crippen molar-refractivity contribution in [3.8, 4) is 0 Å². The van der Waals surface area contributed by atoms with Crippen molar-refractivity contribution in [2.45, 2.75) is 45.1 Å². The summed E-state index contributed by atoms with van der Waals surface area (Å²) in [5.41, 5.74) is -1.61. The van der Waals surface area contributed by atoms with Crippen molar-refractivity contribution in [2.24, 2.45) is 0 Å². The van der Waals surface area contributed by atoms with Crippen LogP contribution in [-0.4, -0.2) is 34.8 Å². The van der Waals surface area contributed by atoms with Crippen LogP contribution in [0.25, 0.3) is 0 Å². The Labute approximate surface area is 144 Å². The minimum absolute atomic E-state index is 0.464. The largest absolute Gasteiger partial charge is 0.325 e. The molecule has 0 saturated carbocycles. The summed E-state index contributed by atoms with van der Waals surface area (Å²) in [5.74, 6) is -3.20. The van der Waals surface area contributed by atoms with E-state index in [0.717, 1.165) is 17.0 Å². The number of benzene rings is 1. The number of rotatable bonds is 7. The number of hydrogen-bond donors (Lipinski definition) is 2. The maximum atomic E-state index is 13.6. The van der Waals surface area contributed by atoms with Gasteiger partial charge in [-0.3, -0.25) is 14.5 Å². The number of nitrogens with one attached hydrogen (secondary N) is 2. The Morgan fingerprint density at radius 1 is 1.16 bits per heavy atom. The number of imide groups is 1. The highest BCUT2D eigenvalue weighted by Crippen LogP contribution is 2.28. The van der Waals surface area contributed by atoms with Crippen LogP contribution in [0.5, 0.6) is 0 Å². The summed E-state index contributed by atoms with van der Waals surface area (Å²) in [7, 11) is 0. The van der Waals surface area contributed by atoms with E-state index in [2.05, 4.69) is 10.6 Å². The van der Waals surface area contributed by atoms with Crippen LogP contribution in [0.15, 0.2) is 18.2 Å². The van der Waals surface area contributed by atoms with Crippen molar-refractivity contribution < 1.29 is 23.2 Å². The highest BCUT2D eigenvalue weighted by molar-refractivity contribution is 6.10. The molecule has 1 heterocycles. The number of anilines is 1. The number of urea groups is 1. The average Bonchev–Trinajstić information content (AvgIpc) is 2.76. The van der Waals surface area contributed by atoms with Gasteiger partial charge in [0.1, 0.15) is 29.4 Å². The first kappa shape index (κ1) is 18.8. The van der Waals surface area contributed by atoms with Crippen LogP contribution in [0.1, 0.15) is 39.5 Å². The third-order valence-electron chi connectivity index (χ3n) is 4.13. The Morgan fingerprint density at radius 2 is 1.72 bits per heavy atom. The molecule has 1 fully saturated rings. The topological polar surface area (TPSA) is 78.5 Å². The fourth-order valence-electron chi connectivity index (χ4n) is 3.08. The zero-order chi connectivity index (χ0) is 18.6. The van der Waals surface area contributed by atoms with Gasteiger partial charge in [-0.1, -0.05) is 32.8 Å². The summed E-state index contributed by atoms with van der Waals surface area (Å²) in [5, 5.41) is 4.75. The molecule has 1 aliphatic rings. The van der Waals surface area contributed by atoms with Crippen LogP contribution >= 0.6 is 0 Å². The predicted molar refractivity (Wildman–Crippen MR) is 87.8 cm³/mol. The number of carbonyl (C=O) groups excluding carboxylic acids is 3. The molecular weight excluding hydrogens is 332 g/mol. The minimum atomic E-state index is -1.01. The Morgan fingerprint density at radius 3 is 2.24 bits per heavy atom. The zero-order valence-corrected chi connectivity index (χ0v) is 14.2. The Bertz CT molecular complexity index is 667. The van der Waals surface area contributed by atoms with Gasteiger partial charge in [-0.05, 0) is 25.0 Å². The SMILES string of the molecule is CCCC1(CCC)NC(=O)N(CC(=O)Nc2c(F)cccc2F)C1=O. The zero-order valence-electron chi connectivity index (χ0n) is 14.2. The van der Waals surface area contributed by atoms with Gasteiger partial charge in [0.15, 0.2) is 0 Å². The van der Waals surface area contributed by atoms with Gasteiger partial charge in [0.05, 0.1) is 0 Å². The summed E-state index contributed by atoms with van der Waals surface area (Å²) < 4.78 is 27.2. The molecule has 0 atom stereocenters. The van der Waals surface area contributed by atoms with E-state index in [1.54, 1.807) is 0 Å². The highest BCUT2D eigenvalue weighted by Gasteiger charge is 2.50. The lowest BCUT2D eigenvalue weighted by atomic mass is 9.88. The molecule has 1 aromatic rings. The summed E-state index contributed by atoms with van der Waals surface area (Å²) in [6.45, 7) is 3.19. The van der Waals surface area contributed by atoms with Crippen molar-refractivity contribution in [3.05, 3.63) is 29.8 Å². The standard InChI is InChI=1S/C17H21F2N3O3/c1-3-8-17(9-4-2)15(24)22(16(25)21-17)10-13(23)20-14-11(18)6-5-7-12(14)19/h5-7H,3-4,8-10H2,1-2H3,(H,20,23)(H,21,25). The summed E-state index contributed by atoms with van der Waals surface area (Å²) in [6, 6.07) is 2.50. The Balaban J connectivity index is 2.13. The maximum absolute atomic E-state index is 13.6. The third-order valence-corrected chi connectivity index (χ3v) is 4.13. The molecule has 0 bridgehead atoms. The summed E-state index contributed by atoms with van der Waals surface area (Å²) in [4.78, 5) is 37.7. The van der Waals surface area contributed by atoms with Gasteiger partial charge in [-0.15, -0.1) is 0 Å². The molecule has 0 radical (unpaired) electrons. The van der Waals surface area contributed by atoms with E-state index in [0.29, 0.717) is 25.7 Å². The molecule has 0 aliphatic carbocycles. The molecule has 1 aliphatic heterocycles. The van der Waals surface area contributed by atoms with Crippen LogP contribution in [0.2, 0.25) is 0 Å². The summed E-state index contributed by atoms with van der Waals surface area (Å²) in [6.07, 6.45) is 2.30. The molecule has 1 saturated heterocycles. The third kappa shape index (κ3) is 3.78. The van der Waals surface area contributed by atoms with Gasteiger partial charge in [0.25, 0.3) is 5.91 Å². The van der Waals surface area contributed by atoms with Crippen LogP contribution in [0.3, 0.4) is 0 Å². The van der Waals surface area contributed by atoms with Gasteiger partial charge in [-0.25, -0.2) is 13.6 Å². The van der Waals surface area contributed by atoms with E-state index in [4.69, 9.17) is 0 Å². The smallest absolute Gasteiger partial charge is 0.323 e. The maximum Gasteiger partial charge on any atom is 0.325 e. The first-order chi connectivity index (χ1) is 11.8. The molecule has 8 heteroatoms. The molecule has 0 aromatic heterocycles. The predicted octanol–water partition coefficient (Wildman–Crippen LogP) is 2.79. The number of hydrogen-bond acceptors (Lipinski definition) is 3. The van der Waals surface area contributed by atoms with Crippen molar-refractivity contribution in [1.29, 1.82) is 0 Å². The Kier molecular flexibility index (Phi) is 5.71. The number of carbonyl (C=O) groups is 3. The van der Waals surface area contributed by atoms with Crippen LogP contribution in [-0.2, 0) is 9.59 Å². The van der Waals surface area contributed by atoms with E-state index in [-0.39, 0.29) is 0 Å². The van der Waals surface area contributed by atoms with E-state index in [9.17, 15) is 23.2 Å². The van der Waals surface area contributed by atoms with Crippen molar-refractivity contribution in [1.82, 2.24) is 10.2 Å². The van der Waals surface area contributed by atoms with Crippen molar-refractivity contribution >= 4 is 23.5 Å². The van der Waals surface area contributed by atoms with Crippen LogP contribution in [0, 0.1) is 11.6 Å². The van der Waals surface area contributed by atoms with E-state index in [1.165, 1.54) is 6.07 Å². The lowest BCUT2D eigenvalue weighted by Gasteiger charge is -2.25. The molecule has 0 unspecified atom stereocenters. The molecule has 1 aromatic carbocycles. The van der Waals surface area contributed by atoms with Crippen molar-refractivity contribution in [3.63, 3.8) is 0 Å². The molecular formula is C17H21F2N3O3. The second-order valence-corrected chi connectivity index (χ2v) is 6.05. The molecule has 4 amide bonds. The molecule has 2 rings (SSSR count). The quantitative estimate of drug-likeness (QED) is 0.740. The fraction of sp³-hybridized carbons (Fsp3) is 0.471. The number of amides is 4. The normalized spacial score (nSPS) is 16.1. The van der Waals surface area contributed by atoms with Crippen LogP contribution in [0.4, 0.5) is 19.3 Å². The molecule has 2 N–H and O–H groups in total. The first-order valence-corrected chi connectivity index (χ1v) is 8.22. The number of halogens is 2. The van der Waals surface area contributed by atoms with Gasteiger partial charge in [0.2, 0.25) is 5.91 Å². The first-order valence-electron chi connectivity index (χ1n) is 8.22. The molecule has 6 nitrogen and oxygen atoms in total. The Hall–Kier alpha value is -2.51. The molecule has 25 heavy (non-hydrogen) atoms. The molecule has 136 valence electrons. The van der Waals surface area contributed by atoms with E-state index in [1.807, 2.05) is 13.8 Å². The van der Waals surface area contributed by atoms with Gasteiger partial charge in [0, 0.05) is 0 Å². The van der Waals surface area contributed by atoms with Gasteiger partial charge < -0.3 is 10.6 Å². The minimum Gasteiger partial charge on any atom is -0.323 e. The van der Waals surface area contributed by atoms with Gasteiger partial charge in [-0.2, -0.15) is 0 Å². The second kappa shape index (κ2) is 7.58.